The molecule has 4 rings (SSSR count). The van der Waals surface area contributed by atoms with Crippen LogP contribution in [0.3, 0.4) is 0 Å². The van der Waals surface area contributed by atoms with E-state index < -0.39 is 27.4 Å². The number of benzene rings is 3. The Labute approximate surface area is 236 Å². The van der Waals surface area contributed by atoms with Crippen molar-refractivity contribution in [3.8, 4) is 11.3 Å². The first-order chi connectivity index (χ1) is 18.0. The van der Waals surface area contributed by atoms with Crippen molar-refractivity contribution in [2.75, 3.05) is 16.3 Å². The van der Waals surface area contributed by atoms with Crippen molar-refractivity contribution in [3.63, 3.8) is 0 Å². The van der Waals surface area contributed by atoms with Crippen LogP contribution in [0.5, 0.6) is 0 Å². The van der Waals surface area contributed by atoms with Crippen LogP contribution < -0.4 is 30.7 Å². The predicted octanol–water partition coefficient (Wildman–Crippen LogP) is 2.91. The van der Waals surface area contributed by atoms with Gasteiger partial charge in [0.05, 0.1) is 10.7 Å². The van der Waals surface area contributed by atoms with Crippen LogP contribution in [0.4, 0.5) is 5.69 Å². The van der Waals surface area contributed by atoms with Crippen molar-refractivity contribution < 1.29 is 31.1 Å². The first kappa shape index (κ1) is 27.1. The van der Waals surface area contributed by atoms with Gasteiger partial charge in [0, 0.05) is 11.8 Å². The number of anilines is 1. The van der Waals surface area contributed by atoms with Gasteiger partial charge in [-0.3, -0.25) is 4.98 Å². The molecule has 3 aromatic carbocycles. The third-order valence-corrected chi connectivity index (χ3v) is 7.34. The molecular weight excluding hydrogens is 622 g/mol. The van der Waals surface area contributed by atoms with E-state index in [2.05, 4.69) is 10.3 Å². The Kier molecular flexibility index (Phi) is 9.51. The van der Waals surface area contributed by atoms with Crippen LogP contribution in [-0.4, -0.2) is 32.7 Å². The van der Waals surface area contributed by atoms with E-state index in [0.29, 0.717) is 40.6 Å². The van der Waals surface area contributed by atoms with Crippen LogP contribution >= 0.6 is 23.2 Å². The maximum absolute atomic E-state index is 13.3. The van der Waals surface area contributed by atoms with Gasteiger partial charge in [0.15, 0.2) is 0 Å². The molecule has 2 amide bonds. The molecule has 0 aliphatic rings. The topological polar surface area (TPSA) is 88.3 Å². The molecule has 0 aliphatic heterocycles. The quantitative estimate of drug-likeness (QED) is 0.167. The number of aromatic nitrogens is 1. The summed E-state index contributed by atoms with van der Waals surface area (Å²) in [5.41, 5.74) is 3.64. The van der Waals surface area contributed by atoms with Crippen LogP contribution in [0.25, 0.3) is 11.3 Å². The fourth-order valence-electron chi connectivity index (χ4n) is 3.74. The van der Waals surface area contributed by atoms with Gasteiger partial charge in [-0.15, -0.1) is 0 Å². The Bertz CT molecular complexity index is 1390. The van der Waals surface area contributed by atoms with Crippen LogP contribution in [0.1, 0.15) is 26.3 Å². The van der Waals surface area contributed by atoms with Gasteiger partial charge in [-0.2, -0.15) is 0 Å². The number of pyridine rings is 1. The Morgan fingerprint density at radius 1 is 0.919 bits per heavy atom. The monoisotopic (exact) mass is 645 g/mol. The molecule has 4 aromatic rings. The molecule has 0 unspecified atom stereocenters. The SMILES string of the molecule is N[I-]CCN(Cc1ccccc1)C(=O)c1ccc(C(=O)Nc2ccc(Cl)c(-c3ccccn3)c2)c(Cl)c1. The van der Waals surface area contributed by atoms with Crippen molar-refractivity contribution >= 4 is 40.7 Å². The summed E-state index contributed by atoms with van der Waals surface area (Å²) in [7, 11) is 0. The molecule has 0 bridgehead atoms. The minimum absolute atomic E-state index is 0.159. The second kappa shape index (κ2) is 13.0. The van der Waals surface area contributed by atoms with Crippen molar-refractivity contribution in [1.82, 2.24) is 9.88 Å². The standard InChI is InChI=1S/C28H24Cl2IN4O2/c29-24-12-10-21(17-23(24)26-8-4-5-14-33-26)34-27(36)22-11-9-20(16-25(22)30)28(37)35(15-13-31-32)18-19-6-2-1-3-7-19/h1-12,14,16-17H,13,15,18,32H2,(H,34,36)/q-1. The van der Waals surface area contributed by atoms with Crippen LogP contribution in [0.2, 0.25) is 10.0 Å². The van der Waals surface area contributed by atoms with E-state index in [9.17, 15) is 9.59 Å². The molecule has 6 nitrogen and oxygen atoms in total. The Morgan fingerprint density at radius 3 is 2.41 bits per heavy atom. The number of amides is 2. The molecule has 1 heterocycles. The second-order valence-electron chi connectivity index (χ2n) is 8.11. The number of nitrogens with two attached hydrogens (primary N) is 1. The third kappa shape index (κ3) is 7.07. The normalized spacial score (nSPS) is 10.8. The number of carbonyl (C=O) groups is 2. The van der Waals surface area contributed by atoms with Crippen LogP contribution in [0, 0.1) is 0 Å². The number of hydrogen-bond donors (Lipinski definition) is 2. The zero-order valence-electron chi connectivity index (χ0n) is 19.7. The van der Waals surface area contributed by atoms with E-state index in [1.54, 1.807) is 41.4 Å². The molecular formula is C28H24Cl2IN4O2-. The molecule has 190 valence electrons. The van der Waals surface area contributed by atoms with E-state index in [1.807, 2.05) is 48.5 Å². The molecule has 9 heteroatoms. The van der Waals surface area contributed by atoms with Gasteiger partial charge < -0.3 is 0 Å². The summed E-state index contributed by atoms with van der Waals surface area (Å²) in [4.78, 5) is 32.4. The number of hydrogen-bond acceptors (Lipinski definition) is 4. The van der Waals surface area contributed by atoms with Crippen molar-refractivity contribution in [3.05, 3.63) is 118 Å². The summed E-state index contributed by atoms with van der Waals surface area (Å²) in [5.74, 6) is -0.555. The molecule has 37 heavy (non-hydrogen) atoms. The first-order valence-electron chi connectivity index (χ1n) is 11.4. The molecule has 0 atom stereocenters. The molecule has 3 N–H and O–H groups in total. The van der Waals surface area contributed by atoms with Crippen molar-refractivity contribution in [2.45, 2.75) is 6.54 Å². The van der Waals surface area contributed by atoms with Crippen LogP contribution in [0.15, 0.2) is 91.1 Å². The second-order valence-corrected chi connectivity index (χ2v) is 10.9. The third-order valence-electron chi connectivity index (χ3n) is 5.59. The zero-order chi connectivity index (χ0) is 26.2. The molecule has 0 aliphatic carbocycles. The Morgan fingerprint density at radius 2 is 1.70 bits per heavy atom. The average molecular weight is 646 g/mol. The molecule has 0 fully saturated rings. The number of halogens is 3. The van der Waals surface area contributed by atoms with E-state index in [1.165, 1.54) is 6.07 Å². The van der Waals surface area contributed by atoms with E-state index in [0.717, 1.165) is 9.99 Å². The predicted molar refractivity (Wildman–Crippen MR) is 144 cm³/mol. The number of alkyl halides is 1. The molecule has 0 spiro atoms. The van der Waals surface area contributed by atoms with Crippen molar-refractivity contribution in [1.29, 1.82) is 0 Å². The number of carbonyl (C=O) groups excluding carboxylic acids is 2. The number of nitrogens with one attached hydrogen (secondary N) is 1. The molecule has 0 saturated heterocycles. The molecule has 0 radical (unpaired) electrons. The van der Waals surface area contributed by atoms with Gasteiger partial charge in [0.25, 0.3) is 0 Å². The van der Waals surface area contributed by atoms with Gasteiger partial charge in [0.1, 0.15) is 0 Å². The minimum atomic E-state index is -0.449. The number of nitrogens with zero attached hydrogens (tertiary/aromatic N) is 2. The van der Waals surface area contributed by atoms with Gasteiger partial charge in [-0.25, -0.2) is 0 Å². The zero-order valence-corrected chi connectivity index (χ0v) is 23.4. The van der Waals surface area contributed by atoms with Crippen LogP contribution in [-0.2, 0) is 6.54 Å². The summed E-state index contributed by atoms with van der Waals surface area (Å²) >= 11 is 12.4. The summed E-state index contributed by atoms with van der Waals surface area (Å²) in [6.07, 6.45) is 1.68. The molecule has 0 saturated carbocycles. The van der Waals surface area contributed by atoms with E-state index >= 15 is 0 Å². The fourth-order valence-corrected chi connectivity index (χ4v) is 5.08. The summed E-state index contributed by atoms with van der Waals surface area (Å²) in [6.45, 7) is 1.03. The first-order valence-corrected chi connectivity index (χ1v) is 14.9. The van der Waals surface area contributed by atoms with Crippen molar-refractivity contribution in [2.24, 2.45) is 3.95 Å². The number of rotatable bonds is 9. The summed E-state index contributed by atoms with van der Waals surface area (Å²) < 4.78 is 6.58. The maximum atomic E-state index is 13.3. The summed E-state index contributed by atoms with van der Waals surface area (Å²) in [5, 5.41) is 3.56. The van der Waals surface area contributed by atoms with Gasteiger partial charge in [-0.05, 0) is 18.2 Å². The Hall–Kier alpha value is -2.98. The fraction of sp³-hybridized carbons (Fsp3) is 0.107. The Balaban J connectivity index is 1.51. The van der Waals surface area contributed by atoms with E-state index in [4.69, 9.17) is 27.1 Å². The summed E-state index contributed by atoms with van der Waals surface area (Å²) in [6, 6.07) is 25.2. The van der Waals surface area contributed by atoms with Gasteiger partial charge in [0.2, 0.25) is 0 Å². The van der Waals surface area contributed by atoms with Gasteiger partial charge >= 0.3 is 174 Å². The van der Waals surface area contributed by atoms with E-state index in [-0.39, 0.29) is 16.5 Å². The van der Waals surface area contributed by atoms with Gasteiger partial charge in [-0.1, -0.05) is 17.7 Å². The molecule has 1 aromatic heterocycles. The average Bonchev–Trinajstić information content (AvgIpc) is 2.92.